The molecule has 3 rings (SSSR count). The monoisotopic (exact) mass is 564 g/mol. The molecule has 0 saturated carbocycles. The molecule has 2 N–H and O–H groups in total. The van der Waals surface area contributed by atoms with Crippen molar-refractivity contribution >= 4 is 35.8 Å². The third-order valence-electron chi connectivity index (χ3n) is 5.04. The third-order valence-corrected chi connectivity index (χ3v) is 5.04. The molecule has 0 bridgehead atoms. The maximum atomic E-state index is 13.3. The Hall–Kier alpha value is -2.37. The van der Waals surface area contributed by atoms with E-state index in [1.807, 2.05) is 29.2 Å². The summed E-state index contributed by atoms with van der Waals surface area (Å²) in [6.07, 6.45) is -3.17. The topological polar surface area (TPSA) is 56.7 Å². The van der Waals surface area contributed by atoms with Crippen molar-refractivity contribution in [2.24, 2.45) is 4.99 Å². The maximum Gasteiger partial charge on any atom is 0.416 e. The first kappa shape index (κ1) is 25.9. The number of carbonyl (C=O) groups excluding carboxylic acids is 1. The maximum absolute atomic E-state index is 13.3. The average molecular weight is 564 g/mol. The Morgan fingerprint density at radius 1 is 1.09 bits per heavy atom. The van der Waals surface area contributed by atoms with Crippen LogP contribution in [-0.4, -0.2) is 30.4 Å². The molecular formula is C22H25F4IN4O. The fraction of sp³-hybridized carbons (Fsp3) is 0.364. The van der Waals surface area contributed by atoms with Crippen LogP contribution in [-0.2, 0) is 30.6 Å². The van der Waals surface area contributed by atoms with E-state index in [0.717, 1.165) is 36.2 Å². The minimum Gasteiger partial charge on any atom is -0.352 e. The first-order chi connectivity index (χ1) is 14.8. The predicted molar refractivity (Wildman–Crippen MR) is 125 cm³/mol. The van der Waals surface area contributed by atoms with Crippen molar-refractivity contribution in [3.63, 3.8) is 0 Å². The summed E-state index contributed by atoms with van der Waals surface area (Å²) in [5, 5.41) is 5.89. The van der Waals surface area contributed by atoms with Gasteiger partial charge in [0, 0.05) is 39.6 Å². The Balaban J connectivity index is 0.00000363. The van der Waals surface area contributed by atoms with Gasteiger partial charge in [-0.3, -0.25) is 9.79 Å². The summed E-state index contributed by atoms with van der Waals surface area (Å²) in [7, 11) is 1.51. The highest BCUT2D eigenvalue weighted by atomic mass is 127. The molecule has 2 aromatic carbocycles. The van der Waals surface area contributed by atoms with Gasteiger partial charge in [-0.2, -0.15) is 13.2 Å². The molecule has 2 aromatic rings. The van der Waals surface area contributed by atoms with E-state index in [0.29, 0.717) is 31.5 Å². The fourth-order valence-corrected chi connectivity index (χ4v) is 3.48. The molecule has 0 radical (unpaired) electrons. The van der Waals surface area contributed by atoms with Crippen LogP contribution < -0.4 is 10.6 Å². The second-order valence-electron chi connectivity index (χ2n) is 7.32. The minimum absolute atomic E-state index is 0. The summed E-state index contributed by atoms with van der Waals surface area (Å²) in [6, 6.07) is 10.3. The van der Waals surface area contributed by atoms with Crippen LogP contribution in [0.25, 0.3) is 0 Å². The predicted octanol–water partition coefficient (Wildman–Crippen LogP) is 4.45. The Morgan fingerprint density at radius 2 is 1.81 bits per heavy atom. The molecule has 1 heterocycles. The molecule has 174 valence electrons. The number of guanidine groups is 1. The van der Waals surface area contributed by atoms with Gasteiger partial charge < -0.3 is 15.5 Å². The molecule has 0 aromatic heterocycles. The van der Waals surface area contributed by atoms with Crippen molar-refractivity contribution in [2.45, 2.75) is 38.7 Å². The zero-order valence-electron chi connectivity index (χ0n) is 17.5. The van der Waals surface area contributed by atoms with Crippen LogP contribution in [0.15, 0.2) is 47.5 Å². The SMILES string of the molecule is CN=C(NCc1cccc(CN2CCCC2=O)c1)NCc1ccc(F)cc1C(F)(F)F.I. The van der Waals surface area contributed by atoms with E-state index in [2.05, 4.69) is 15.6 Å². The zero-order chi connectivity index (χ0) is 22.4. The van der Waals surface area contributed by atoms with Gasteiger partial charge in [0.15, 0.2) is 5.96 Å². The molecule has 1 amide bonds. The number of amides is 1. The van der Waals surface area contributed by atoms with Gasteiger partial charge in [-0.15, -0.1) is 24.0 Å². The van der Waals surface area contributed by atoms with Crippen molar-refractivity contribution in [1.82, 2.24) is 15.5 Å². The van der Waals surface area contributed by atoms with E-state index < -0.39 is 17.6 Å². The van der Waals surface area contributed by atoms with E-state index in [-0.39, 0.29) is 42.0 Å². The molecule has 32 heavy (non-hydrogen) atoms. The largest absolute Gasteiger partial charge is 0.416 e. The number of rotatable bonds is 6. The third kappa shape index (κ3) is 7.07. The summed E-state index contributed by atoms with van der Waals surface area (Å²) in [6.45, 7) is 1.56. The van der Waals surface area contributed by atoms with Crippen LogP contribution >= 0.6 is 24.0 Å². The molecule has 0 atom stereocenters. The lowest BCUT2D eigenvalue weighted by atomic mass is 10.1. The van der Waals surface area contributed by atoms with Crippen molar-refractivity contribution in [1.29, 1.82) is 0 Å². The van der Waals surface area contributed by atoms with Gasteiger partial charge in [0.25, 0.3) is 0 Å². The van der Waals surface area contributed by atoms with Crippen LogP contribution in [0, 0.1) is 5.82 Å². The van der Waals surface area contributed by atoms with Crippen molar-refractivity contribution < 1.29 is 22.4 Å². The van der Waals surface area contributed by atoms with Gasteiger partial charge in [-0.05, 0) is 35.2 Å². The number of nitrogens with zero attached hydrogens (tertiary/aromatic N) is 2. The van der Waals surface area contributed by atoms with Crippen molar-refractivity contribution in [3.8, 4) is 0 Å². The standard InChI is InChI=1S/C22H24F4N4O.HI/c1-27-21(29-13-17-7-8-18(23)11-19(17)22(24,25)26)28-12-15-4-2-5-16(10-15)14-30-9-3-6-20(30)31;/h2,4-5,7-8,10-11H,3,6,9,12-14H2,1H3,(H2,27,28,29);1H. The van der Waals surface area contributed by atoms with Crippen LogP contribution in [0.2, 0.25) is 0 Å². The number of benzene rings is 2. The Bertz CT molecular complexity index is 965. The van der Waals surface area contributed by atoms with Crippen LogP contribution in [0.5, 0.6) is 0 Å². The number of nitrogens with one attached hydrogen (secondary N) is 2. The number of halogens is 5. The molecule has 1 aliphatic heterocycles. The molecule has 0 unspecified atom stereocenters. The zero-order valence-corrected chi connectivity index (χ0v) is 19.8. The summed E-state index contributed by atoms with van der Waals surface area (Å²) < 4.78 is 52.7. The number of carbonyl (C=O) groups is 1. The highest BCUT2D eigenvalue weighted by molar-refractivity contribution is 14.0. The second-order valence-corrected chi connectivity index (χ2v) is 7.32. The van der Waals surface area contributed by atoms with Gasteiger partial charge in [0.1, 0.15) is 5.82 Å². The number of hydrogen-bond acceptors (Lipinski definition) is 2. The lowest BCUT2D eigenvalue weighted by Gasteiger charge is -2.17. The summed E-state index contributed by atoms with van der Waals surface area (Å²) in [5.41, 5.74) is 0.872. The van der Waals surface area contributed by atoms with Gasteiger partial charge in [0.2, 0.25) is 5.91 Å². The number of likely N-dealkylation sites (tertiary alicyclic amines) is 1. The number of alkyl halides is 3. The summed E-state index contributed by atoms with van der Waals surface area (Å²) >= 11 is 0. The van der Waals surface area contributed by atoms with Crippen LogP contribution in [0.4, 0.5) is 17.6 Å². The molecule has 0 aliphatic carbocycles. The van der Waals surface area contributed by atoms with E-state index in [1.165, 1.54) is 7.05 Å². The Labute approximate surface area is 201 Å². The van der Waals surface area contributed by atoms with E-state index in [4.69, 9.17) is 0 Å². The van der Waals surface area contributed by atoms with Crippen molar-refractivity contribution in [3.05, 3.63) is 70.5 Å². The quantitative estimate of drug-likeness (QED) is 0.236. The van der Waals surface area contributed by atoms with Crippen LogP contribution in [0.3, 0.4) is 0 Å². The van der Waals surface area contributed by atoms with E-state index in [9.17, 15) is 22.4 Å². The molecule has 1 aliphatic rings. The van der Waals surface area contributed by atoms with E-state index >= 15 is 0 Å². The van der Waals surface area contributed by atoms with Gasteiger partial charge >= 0.3 is 6.18 Å². The van der Waals surface area contributed by atoms with Crippen molar-refractivity contribution in [2.75, 3.05) is 13.6 Å². The minimum atomic E-state index is -4.65. The molecular weight excluding hydrogens is 539 g/mol. The smallest absolute Gasteiger partial charge is 0.352 e. The molecule has 0 spiro atoms. The fourth-order valence-electron chi connectivity index (χ4n) is 3.48. The molecule has 1 fully saturated rings. The molecule has 10 heteroatoms. The van der Waals surface area contributed by atoms with Crippen LogP contribution in [0.1, 0.15) is 35.1 Å². The normalized spacial score (nSPS) is 14.3. The highest BCUT2D eigenvalue weighted by Gasteiger charge is 2.33. The lowest BCUT2D eigenvalue weighted by Crippen LogP contribution is -2.36. The average Bonchev–Trinajstić information content (AvgIpc) is 3.13. The summed E-state index contributed by atoms with van der Waals surface area (Å²) in [5.74, 6) is -0.459. The van der Waals surface area contributed by atoms with Gasteiger partial charge in [-0.1, -0.05) is 30.3 Å². The highest BCUT2D eigenvalue weighted by Crippen LogP contribution is 2.32. The second kappa shape index (κ2) is 11.5. The van der Waals surface area contributed by atoms with Gasteiger partial charge in [0.05, 0.1) is 5.56 Å². The molecule has 1 saturated heterocycles. The first-order valence-electron chi connectivity index (χ1n) is 9.92. The number of hydrogen-bond donors (Lipinski definition) is 2. The first-order valence-corrected chi connectivity index (χ1v) is 9.92. The Kier molecular flexibility index (Phi) is 9.29. The number of aliphatic imine (C=N–C) groups is 1. The summed E-state index contributed by atoms with van der Waals surface area (Å²) in [4.78, 5) is 17.7. The van der Waals surface area contributed by atoms with Gasteiger partial charge in [-0.25, -0.2) is 4.39 Å². The van der Waals surface area contributed by atoms with E-state index in [1.54, 1.807) is 0 Å². The Morgan fingerprint density at radius 3 is 2.47 bits per heavy atom. The molecule has 5 nitrogen and oxygen atoms in total. The lowest BCUT2D eigenvalue weighted by molar-refractivity contribution is -0.138.